The Hall–Kier alpha value is -2.26. The molecule has 0 bridgehead atoms. The Bertz CT molecular complexity index is 746. The number of carboxylic acids is 1. The van der Waals surface area contributed by atoms with Gasteiger partial charge in [-0.2, -0.15) is 0 Å². The summed E-state index contributed by atoms with van der Waals surface area (Å²) in [6, 6.07) is 3.03. The number of anilines is 1. The second kappa shape index (κ2) is 7.32. The van der Waals surface area contributed by atoms with Crippen LogP contribution in [0.2, 0.25) is 19.6 Å². The molecule has 0 spiro atoms. The maximum atomic E-state index is 12.3. The third-order valence-corrected chi connectivity index (χ3v) is 4.10. The SMILES string of the molecule is Cc1c(C#C[Si](C)(C)C)cc(C(=O)O)cc1N(C)C(=O)OC(C)(C)C. The predicted molar refractivity (Wildman–Crippen MR) is 103 cm³/mol. The lowest BCUT2D eigenvalue weighted by atomic mass is 10.0. The highest BCUT2D eigenvalue weighted by molar-refractivity contribution is 6.83. The first-order chi connectivity index (χ1) is 11.2. The fourth-order valence-electron chi connectivity index (χ4n) is 1.98. The number of ether oxygens (including phenoxy) is 1. The number of carbonyl (C=O) groups is 2. The van der Waals surface area contributed by atoms with E-state index in [0.29, 0.717) is 11.3 Å². The molecule has 0 radical (unpaired) electrons. The topological polar surface area (TPSA) is 66.8 Å². The average molecular weight is 362 g/mol. The summed E-state index contributed by atoms with van der Waals surface area (Å²) in [6.07, 6.45) is -0.540. The van der Waals surface area contributed by atoms with Crippen LogP contribution in [0.25, 0.3) is 0 Å². The molecule has 0 aliphatic heterocycles. The first-order valence-electron chi connectivity index (χ1n) is 8.09. The van der Waals surface area contributed by atoms with Gasteiger partial charge in [-0.05, 0) is 45.4 Å². The third-order valence-electron chi connectivity index (χ3n) is 3.23. The van der Waals surface area contributed by atoms with Crippen LogP contribution < -0.4 is 4.90 Å². The Morgan fingerprint density at radius 3 is 2.20 bits per heavy atom. The predicted octanol–water partition coefficient (Wildman–Crippen LogP) is 4.29. The number of hydrogen-bond donors (Lipinski definition) is 1. The van der Waals surface area contributed by atoms with Gasteiger partial charge in [-0.1, -0.05) is 25.6 Å². The van der Waals surface area contributed by atoms with Crippen LogP contribution in [0, 0.1) is 18.4 Å². The van der Waals surface area contributed by atoms with Crippen molar-refractivity contribution in [1.29, 1.82) is 0 Å². The van der Waals surface area contributed by atoms with Gasteiger partial charge >= 0.3 is 12.1 Å². The number of nitrogens with zero attached hydrogens (tertiary/aromatic N) is 1. The van der Waals surface area contributed by atoms with Crippen LogP contribution in [0.1, 0.15) is 42.3 Å². The maximum Gasteiger partial charge on any atom is 0.414 e. The molecule has 25 heavy (non-hydrogen) atoms. The summed E-state index contributed by atoms with van der Waals surface area (Å²) in [6.45, 7) is 13.5. The van der Waals surface area contributed by atoms with E-state index in [2.05, 4.69) is 31.1 Å². The third kappa shape index (κ3) is 6.27. The first-order valence-corrected chi connectivity index (χ1v) is 11.6. The molecular weight excluding hydrogens is 334 g/mol. The lowest BCUT2D eigenvalue weighted by Gasteiger charge is -2.26. The second-order valence-corrected chi connectivity index (χ2v) is 12.8. The highest BCUT2D eigenvalue weighted by Gasteiger charge is 2.23. The van der Waals surface area contributed by atoms with Crippen LogP contribution >= 0.6 is 0 Å². The van der Waals surface area contributed by atoms with Crippen LogP contribution in [0.15, 0.2) is 12.1 Å². The smallest absolute Gasteiger partial charge is 0.414 e. The van der Waals surface area contributed by atoms with Gasteiger partial charge in [0.05, 0.1) is 11.3 Å². The summed E-state index contributed by atoms with van der Waals surface area (Å²) in [7, 11) is -0.0522. The summed E-state index contributed by atoms with van der Waals surface area (Å²) in [5.74, 6) is 2.04. The zero-order valence-electron chi connectivity index (χ0n) is 16.3. The minimum absolute atomic E-state index is 0.0934. The fourth-order valence-corrected chi connectivity index (χ4v) is 2.49. The molecule has 1 aromatic rings. The lowest BCUT2D eigenvalue weighted by Crippen LogP contribution is -2.34. The maximum absolute atomic E-state index is 12.3. The second-order valence-electron chi connectivity index (χ2n) is 8.01. The van der Waals surface area contributed by atoms with Crippen molar-refractivity contribution in [3.05, 3.63) is 28.8 Å². The highest BCUT2D eigenvalue weighted by Crippen LogP contribution is 2.26. The van der Waals surface area contributed by atoms with Gasteiger partial charge in [0.25, 0.3) is 0 Å². The number of hydrogen-bond acceptors (Lipinski definition) is 3. The molecule has 6 heteroatoms. The average Bonchev–Trinajstić information content (AvgIpc) is 2.42. The van der Waals surface area contributed by atoms with E-state index in [0.717, 1.165) is 5.56 Å². The van der Waals surface area contributed by atoms with Crippen molar-refractivity contribution in [2.45, 2.75) is 52.9 Å². The monoisotopic (exact) mass is 361 g/mol. The van der Waals surface area contributed by atoms with Gasteiger partial charge in [0, 0.05) is 12.6 Å². The summed E-state index contributed by atoms with van der Waals surface area (Å²) in [5, 5.41) is 9.39. The van der Waals surface area contributed by atoms with E-state index >= 15 is 0 Å². The summed E-state index contributed by atoms with van der Waals surface area (Å²) in [4.78, 5) is 25.1. The fraction of sp³-hybridized carbons (Fsp3) is 0.474. The number of carboxylic acid groups (broad SMARTS) is 1. The summed E-state index contributed by atoms with van der Waals surface area (Å²) in [5.41, 5.74) is 4.55. The van der Waals surface area contributed by atoms with Gasteiger partial charge in [0.1, 0.15) is 13.7 Å². The van der Waals surface area contributed by atoms with Crippen molar-refractivity contribution in [2.75, 3.05) is 11.9 Å². The number of benzene rings is 1. The Balaban J connectivity index is 3.44. The van der Waals surface area contributed by atoms with E-state index in [-0.39, 0.29) is 5.56 Å². The zero-order valence-corrected chi connectivity index (χ0v) is 17.3. The molecule has 0 unspecified atom stereocenters. The van der Waals surface area contributed by atoms with Gasteiger partial charge in [-0.15, -0.1) is 5.54 Å². The van der Waals surface area contributed by atoms with E-state index < -0.39 is 25.7 Å². The summed E-state index contributed by atoms with van der Waals surface area (Å²) >= 11 is 0. The Kier molecular flexibility index (Phi) is 6.08. The molecule has 0 aromatic heterocycles. The van der Waals surface area contributed by atoms with Crippen molar-refractivity contribution in [1.82, 2.24) is 0 Å². The molecule has 1 rings (SSSR count). The summed E-state index contributed by atoms with van der Waals surface area (Å²) < 4.78 is 5.37. The normalized spacial score (nSPS) is 11.4. The number of rotatable bonds is 2. The first kappa shape index (κ1) is 20.8. The molecule has 136 valence electrons. The van der Waals surface area contributed by atoms with Gasteiger partial charge in [0.15, 0.2) is 0 Å². The van der Waals surface area contributed by atoms with Crippen molar-refractivity contribution in [2.24, 2.45) is 0 Å². The van der Waals surface area contributed by atoms with Crippen molar-refractivity contribution < 1.29 is 19.4 Å². The van der Waals surface area contributed by atoms with Gasteiger partial charge in [0.2, 0.25) is 0 Å². The van der Waals surface area contributed by atoms with E-state index in [9.17, 15) is 14.7 Å². The van der Waals surface area contributed by atoms with Crippen LogP contribution in [0.3, 0.4) is 0 Å². The van der Waals surface area contributed by atoms with Crippen molar-refractivity contribution in [3.8, 4) is 11.5 Å². The van der Waals surface area contributed by atoms with Gasteiger partial charge in [-0.3, -0.25) is 4.90 Å². The quantitative estimate of drug-likeness (QED) is 0.630. The van der Waals surface area contributed by atoms with Gasteiger partial charge in [-0.25, -0.2) is 9.59 Å². The minimum atomic E-state index is -1.62. The number of carbonyl (C=O) groups excluding carboxylic acids is 1. The van der Waals surface area contributed by atoms with Crippen LogP contribution in [-0.4, -0.2) is 37.9 Å². The number of aromatic carboxylic acids is 1. The molecule has 0 fully saturated rings. The zero-order chi connectivity index (χ0) is 19.6. The Morgan fingerprint density at radius 2 is 1.76 bits per heavy atom. The highest BCUT2D eigenvalue weighted by atomic mass is 28.3. The largest absolute Gasteiger partial charge is 0.478 e. The molecule has 1 aromatic carbocycles. The molecule has 1 N–H and O–H groups in total. The molecule has 0 atom stereocenters. The van der Waals surface area contributed by atoms with E-state index in [1.54, 1.807) is 33.9 Å². The van der Waals surface area contributed by atoms with E-state index in [4.69, 9.17) is 4.74 Å². The van der Waals surface area contributed by atoms with Crippen LogP contribution in [0.4, 0.5) is 10.5 Å². The molecule has 0 saturated carbocycles. The molecule has 0 aliphatic carbocycles. The molecular formula is C19H27NO4Si. The molecule has 0 saturated heterocycles. The standard InChI is InChI=1S/C19H27NO4Si/c1-13-14(9-10-25(6,7)8)11-15(17(21)22)12-16(13)20(5)18(23)24-19(2,3)4/h11-12H,1-8H3,(H,21,22). The number of amides is 1. The van der Waals surface area contributed by atoms with Crippen molar-refractivity contribution >= 4 is 25.8 Å². The van der Waals surface area contributed by atoms with Crippen LogP contribution in [-0.2, 0) is 4.74 Å². The minimum Gasteiger partial charge on any atom is -0.478 e. The Labute approximate surface area is 151 Å². The Morgan fingerprint density at radius 1 is 1.20 bits per heavy atom. The van der Waals surface area contributed by atoms with Crippen molar-refractivity contribution in [3.63, 3.8) is 0 Å². The van der Waals surface area contributed by atoms with Crippen LogP contribution in [0.5, 0.6) is 0 Å². The molecule has 1 amide bonds. The molecule has 0 heterocycles. The van der Waals surface area contributed by atoms with E-state index in [1.807, 2.05) is 6.92 Å². The van der Waals surface area contributed by atoms with Gasteiger partial charge < -0.3 is 9.84 Å². The van der Waals surface area contributed by atoms with E-state index in [1.165, 1.54) is 11.0 Å². The lowest BCUT2D eigenvalue weighted by molar-refractivity contribution is 0.0587. The molecule has 5 nitrogen and oxygen atoms in total. The molecule has 0 aliphatic rings.